The topological polar surface area (TPSA) is 65.1 Å². The molecule has 3 aromatic carbocycles. The number of methoxy groups -OCH3 is 1. The molecule has 2 atom stereocenters. The molecule has 0 unspecified atom stereocenters. The van der Waals surface area contributed by atoms with Crippen LogP contribution in [0, 0.1) is 0 Å². The number of β-lactam (4-membered cyclic amide) rings is 1. The normalized spacial score (nSPS) is 17.8. The molecule has 6 heteroatoms. The average Bonchev–Trinajstić information content (AvgIpc) is 2.80. The van der Waals surface area contributed by atoms with Gasteiger partial charge in [-0.25, -0.2) is 9.69 Å². The number of rotatable bonds is 6. The second-order valence-electron chi connectivity index (χ2n) is 6.82. The highest BCUT2D eigenvalue weighted by Gasteiger charge is 2.54. The van der Waals surface area contributed by atoms with Crippen molar-refractivity contribution >= 4 is 12.0 Å². The van der Waals surface area contributed by atoms with Gasteiger partial charge in [-0.1, -0.05) is 60.7 Å². The SMILES string of the molecule is COc1ccc([C@@H]2[C@H](Oc3ccccc3)C(=O)N2C(=O)OCc2ccccc2)cc1. The molecule has 152 valence electrons. The van der Waals surface area contributed by atoms with E-state index in [-0.39, 0.29) is 6.61 Å². The highest BCUT2D eigenvalue weighted by Crippen LogP contribution is 2.38. The molecule has 0 bridgehead atoms. The van der Waals surface area contributed by atoms with E-state index in [9.17, 15) is 9.59 Å². The van der Waals surface area contributed by atoms with Crippen LogP contribution in [0.1, 0.15) is 17.2 Å². The summed E-state index contributed by atoms with van der Waals surface area (Å²) in [6.45, 7) is 0.0863. The number of nitrogens with zero attached hydrogens (tertiary/aromatic N) is 1. The summed E-state index contributed by atoms with van der Waals surface area (Å²) in [6.07, 6.45) is -1.51. The van der Waals surface area contributed by atoms with E-state index in [1.807, 2.05) is 60.7 Å². The quantitative estimate of drug-likeness (QED) is 0.572. The Hall–Kier alpha value is -3.80. The van der Waals surface area contributed by atoms with Crippen LogP contribution in [0.25, 0.3) is 0 Å². The van der Waals surface area contributed by atoms with Crippen LogP contribution >= 0.6 is 0 Å². The molecule has 0 aliphatic carbocycles. The number of imide groups is 1. The maximum atomic E-state index is 12.8. The van der Waals surface area contributed by atoms with E-state index in [2.05, 4.69) is 0 Å². The second kappa shape index (κ2) is 8.69. The van der Waals surface area contributed by atoms with Gasteiger partial charge < -0.3 is 14.2 Å². The largest absolute Gasteiger partial charge is 0.497 e. The number of hydrogen-bond acceptors (Lipinski definition) is 5. The van der Waals surface area contributed by atoms with E-state index in [1.165, 1.54) is 0 Å². The number of benzene rings is 3. The van der Waals surface area contributed by atoms with Crippen LogP contribution in [-0.4, -0.2) is 30.1 Å². The van der Waals surface area contributed by atoms with Crippen molar-refractivity contribution in [3.63, 3.8) is 0 Å². The molecule has 2 amide bonds. The van der Waals surface area contributed by atoms with Crippen molar-refractivity contribution in [1.29, 1.82) is 0 Å². The van der Waals surface area contributed by atoms with Gasteiger partial charge in [0.05, 0.1) is 7.11 Å². The zero-order valence-electron chi connectivity index (χ0n) is 16.4. The maximum absolute atomic E-state index is 12.8. The molecule has 0 spiro atoms. The van der Waals surface area contributed by atoms with E-state index in [0.717, 1.165) is 16.0 Å². The van der Waals surface area contributed by atoms with Gasteiger partial charge in [0, 0.05) is 0 Å². The van der Waals surface area contributed by atoms with Crippen LogP contribution in [0.4, 0.5) is 4.79 Å². The van der Waals surface area contributed by atoms with Crippen LogP contribution < -0.4 is 9.47 Å². The molecule has 1 aliphatic heterocycles. The van der Waals surface area contributed by atoms with Gasteiger partial charge in [-0.2, -0.15) is 0 Å². The van der Waals surface area contributed by atoms with Gasteiger partial charge in [-0.15, -0.1) is 0 Å². The molecular formula is C24H21NO5. The molecule has 0 N–H and O–H groups in total. The third-order valence-electron chi connectivity index (χ3n) is 4.91. The van der Waals surface area contributed by atoms with Crippen LogP contribution in [0.3, 0.4) is 0 Å². The van der Waals surface area contributed by atoms with Crippen LogP contribution in [0.2, 0.25) is 0 Å². The van der Waals surface area contributed by atoms with Crippen LogP contribution in [-0.2, 0) is 16.1 Å². The van der Waals surface area contributed by atoms with Crippen LogP contribution in [0.5, 0.6) is 11.5 Å². The zero-order chi connectivity index (χ0) is 20.9. The number of hydrogen-bond donors (Lipinski definition) is 0. The Labute approximate surface area is 174 Å². The summed E-state index contributed by atoms with van der Waals surface area (Å²) >= 11 is 0. The van der Waals surface area contributed by atoms with Crippen molar-refractivity contribution in [3.05, 3.63) is 96.1 Å². The lowest BCUT2D eigenvalue weighted by Gasteiger charge is -2.44. The van der Waals surface area contributed by atoms with E-state index in [0.29, 0.717) is 11.5 Å². The van der Waals surface area contributed by atoms with Crippen molar-refractivity contribution in [2.75, 3.05) is 7.11 Å². The smallest absolute Gasteiger partial charge is 0.417 e. The van der Waals surface area contributed by atoms with E-state index < -0.39 is 24.1 Å². The molecule has 1 fully saturated rings. The molecule has 1 saturated heterocycles. The molecule has 30 heavy (non-hydrogen) atoms. The Balaban J connectivity index is 1.54. The summed E-state index contributed by atoms with van der Waals surface area (Å²) in [5.41, 5.74) is 1.60. The minimum absolute atomic E-state index is 0.0863. The highest BCUT2D eigenvalue weighted by molar-refractivity contribution is 6.01. The van der Waals surface area contributed by atoms with Crippen molar-refractivity contribution in [3.8, 4) is 11.5 Å². The van der Waals surface area contributed by atoms with Crippen LogP contribution in [0.15, 0.2) is 84.9 Å². The number of likely N-dealkylation sites (tertiary alicyclic amines) is 1. The first kappa shape index (κ1) is 19.5. The van der Waals surface area contributed by atoms with Gasteiger partial charge >= 0.3 is 6.09 Å². The monoisotopic (exact) mass is 403 g/mol. The minimum atomic E-state index is -0.815. The van der Waals surface area contributed by atoms with Crippen molar-refractivity contribution in [2.24, 2.45) is 0 Å². The lowest BCUT2D eigenvalue weighted by Crippen LogP contribution is -2.63. The Kier molecular flexibility index (Phi) is 5.66. The number of carbonyl (C=O) groups is 2. The molecule has 1 heterocycles. The third-order valence-corrected chi connectivity index (χ3v) is 4.91. The van der Waals surface area contributed by atoms with E-state index in [4.69, 9.17) is 14.2 Å². The summed E-state index contributed by atoms with van der Waals surface area (Å²) in [7, 11) is 1.58. The fourth-order valence-corrected chi connectivity index (χ4v) is 3.34. The fourth-order valence-electron chi connectivity index (χ4n) is 3.34. The van der Waals surface area contributed by atoms with Gasteiger partial charge in [0.15, 0.2) is 0 Å². The highest BCUT2D eigenvalue weighted by atomic mass is 16.6. The van der Waals surface area contributed by atoms with Gasteiger partial charge in [0.25, 0.3) is 5.91 Å². The summed E-state index contributed by atoms with van der Waals surface area (Å²) in [5, 5.41) is 0. The van der Waals surface area contributed by atoms with E-state index in [1.54, 1.807) is 31.4 Å². The number of para-hydroxylation sites is 1. The Morgan fingerprint density at radius 2 is 1.50 bits per heavy atom. The Morgan fingerprint density at radius 1 is 0.867 bits per heavy atom. The van der Waals surface area contributed by atoms with Gasteiger partial charge in [-0.05, 0) is 35.4 Å². The minimum Gasteiger partial charge on any atom is -0.497 e. The molecule has 6 nitrogen and oxygen atoms in total. The predicted molar refractivity (Wildman–Crippen MR) is 110 cm³/mol. The van der Waals surface area contributed by atoms with Gasteiger partial charge in [0.2, 0.25) is 6.10 Å². The molecule has 0 aromatic heterocycles. The summed E-state index contributed by atoms with van der Waals surface area (Å²) < 4.78 is 16.5. The molecule has 4 rings (SSSR count). The molecule has 0 saturated carbocycles. The first-order chi connectivity index (χ1) is 14.7. The third kappa shape index (κ3) is 3.98. The second-order valence-corrected chi connectivity index (χ2v) is 6.82. The molecule has 1 aliphatic rings. The van der Waals surface area contributed by atoms with Crippen molar-refractivity contribution in [2.45, 2.75) is 18.8 Å². The number of carbonyl (C=O) groups excluding carboxylic acids is 2. The Morgan fingerprint density at radius 3 is 2.13 bits per heavy atom. The molecule has 3 aromatic rings. The standard InChI is InChI=1S/C24H21NO5/c1-28-19-14-12-18(13-15-19)21-22(30-20-10-6-3-7-11-20)23(26)25(21)24(27)29-16-17-8-4-2-5-9-17/h2-15,21-22H,16H2,1H3/t21-,22+/m1/s1. The predicted octanol–water partition coefficient (Wildman–Crippen LogP) is 4.36. The van der Waals surface area contributed by atoms with Crippen molar-refractivity contribution < 1.29 is 23.8 Å². The first-order valence-electron chi connectivity index (χ1n) is 9.57. The summed E-state index contributed by atoms with van der Waals surface area (Å²) in [5.74, 6) is 0.813. The molecular weight excluding hydrogens is 382 g/mol. The Bertz CT molecular complexity index is 997. The van der Waals surface area contributed by atoms with E-state index >= 15 is 0 Å². The number of amides is 2. The lowest BCUT2D eigenvalue weighted by atomic mass is 9.91. The summed E-state index contributed by atoms with van der Waals surface area (Å²) in [4.78, 5) is 26.6. The number of ether oxygens (including phenoxy) is 3. The van der Waals surface area contributed by atoms with Gasteiger partial charge in [0.1, 0.15) is 24.1 Å². The fraction of sp³-hybridized carbons (Fsp3) is 0.167. The lowest BCUT2D eigenvalue weighted by molar-refractivity contribution is -0.159. The maximum Gasteiger partial charge on any atom is 0.417 e. The summed E-state index contributed by atoms with van der Waals surface area (Å²) in [6, 6.07) is 25.0. The first-order valence-corrected chi connectivity index (χ1v) is 9.57. The average molecular weight is 403 g/mol. The van der Waals surface area contributed by atoms with Gasteiger partial charge in [-0.3, -0.25) is 4.79 Å². The molecule has 0 radical (unpaired) electrons. The van der Waals surface area contributed by atoms with Crippen molar-refractivity contribution in [1.82, 2.24) is 4.90 Å². The zero-order valence-corrected chi connectivity index (χ0v) is 16.4.